The summed E-state index contributed by atoms with van der Waals surface area (Å²) in [5.41, 5.74) is -1.35. The molecular formula is C9H8N2O7. The first-order valence-electron chi connectivity index (χ1n) is 4.58. The van der Waals surface area contributed by atoms with E-state index in [2.05, 4.69) is 4.74 Å². The van der Waals surface area contributed by atoms with E-state index >= 15 is 0 Å². The van der Waals surface area contributed by atoms with Gasteiger partial charge in [-0.25, -0.2) is 4.79 Å². The smallest absolute Gasteiger partial charge is 0.349 e. The number of rotatable bonds is 5. The number of ether oxygens (including phenoxy) is 2. The Hall–Kier alpha value is -2.71. The summed E-state index contributed by atoms with van der Waals surface area (Å²) in [4.78, 5) is 30.2. The molecule has 0 heterocycles. The van der Waals surface area contributed by atoms with Crippen molar-refractivity contribution < 1.29 is 24.1 Å². The summed E-state index contributed by atoms with van der Waals surface area (Å²) >= 11 is 0. The Bertz CT molecular complexity index is 500. The number of hydrogen-bond acceptors (Lipinski definition) is 7. The van der Waals surface area contributed by atoms with Crippen molar-refractivity contribution in [1.82, 2.24) is 0 Å². The lowest BCUT2D eigenvalue weighted by molar-refractivity contribution is -0.422. The van der Waals surface area contributed by atoms with Gasteiger partial charge in [0.1, 0.15) is 5.75 Å². The Morgan fingerprint density at radius 3 is 2.33 bits per heavy atom. The van der Waals surface area contributed by atoms with Gasteiger partial charge in [-0.15, -0.1) is 0 Å². The highest BCUT2D eigenvalue weighted by Crippen LogP contribution is 2.30. The molecule has 0 aromatic heterocycles. The third-order valence-electron chi connectivity index (χ3n) is 1.92. The van der Waals surface area contributed by atoms with Gasteiger partial charge in [0.15, 0.2) is 6.61 Å². The first kappa shape index (κ1) is 13.4. The van der Waals surface area contributed by atoms with Crippen LogP contribution < -0.4 is 4.74 Å². The van der Waals surface area contributed by atoms with Crippen molar-refractivity contribution in [3.8, 4) is 5.75 Å². The van der Waals surface area contributed by atoms with E-state index in [-0.39, 0.29) is 5.75 Å². The molecule has 96 valence electrons. The van der Waals surface area contributed by atoms with Crippen molar-refractivity contribution >= 4 is 17.3 Å². The molecule has 0 aliphatic carbocycles. The third kappa shape index (κ3) is 3.14. The lowest BCUT2D eigenvalue weighted by Crippen LogP contribution is -2.12. The molecule has 0 saturated heterocycles. The van der Waals surface area contributed by atoms with Crippen LogP contribution in [0.25, 0.3) is 0 Å². The topological polar surface area (TPSA) is 122 Å². The van der Waals surface area contributed by atoms with Gasteiger partial charge in [-0.3, -0.25) is 20.2 Å². The molecule has 0 bridgehead atoms. The fraction of sp³-hybridized carbons (Fsp3) is 0.222. The summed E-state index contributed by atoms with van der Waals surface area (Å²) in [7, 11) is 1.16. The van der Waals surface area contributed by atoms with Gasteiger partial charge in [0, 0.05) is 6.07 Å². The molecule has 0 radical (unpaired) electrons. The van der Waals surface area contributed by atoms with E-state index in [0.29, 0.717) is 0 Å². The summed E-state index contributed by atoms with van der Waals surface area (Å²) in [5, 5.41) is 21.2. The Morgan fingerprint density at radius 2 is 1.83 bits per heavy atom. The summed E-state index contributed by atoms with van der Waals surface area (Å²) in [6, 6.07) is 2.97. The minimum absolute atomic E-state index is 0.0299. The number of nitro groups is 2. The maximum Gasteiger partial charge on any atom is 0.349 e. The van der Waals surface area contributed by atoms with Crippen molar-refractivity contribution in [2.45, 2.75) is 0 Å². The molecule has 18 heavy (non-hydrogen) atoms. The van der Waals surface area contributed by atoms with Crippen LogP contribution in [0.5, 0.6) is 5.75 Å². The number of nitrogens with zero attached hydrogens (tertiary/aromatic N) is 2. The number of benzene rings is 1. The predicted octanol–water partition coefficient (Wildman–Crippen LogP) is 1.05. The molecule has 1 aromatic rings. The van der Waals surface area contributed by atoms with Crippen LogP contribution in [0.2, 0.25) is 0 Å². The van der Waals surface area contributed by atoms with Crippen molar-refractivity contribution in [3.05, 3.63) is 38.4 Å². The fourth-order valence-electron chi connectivity index (χ4n) is 1.09. The van der Waals surface area contributed by atoms with Crippen LogP contribution >= 0.6 is 0 Å². The van der Waals surface area contributed by atoms with Gasteiger partial charge in [-0.05, 0) is 6.07 Å². The van der Waals surface area contributed by atoms with E-state index in [9.17, 15) is 25.0 Å². The molecule has 0 amide bonds. The molecule has 0 aliphatic heterocycles. The standard InChI is InChI=1S/C9H8N2O7/c1-17-9(12)5-18-6-2-3-7(10(13)14)8(4-6)11(15)16/h2-4H,5H2,1H3. The number of hydrogen-bond donors (Lipinski definition) is 0. The minimum Gasteiger partial charge on any atom is -0.482 e. The van der Waals surface area contributed by atoms with Gasteiger partial charge < -0.3 is 9.47 Å². The van der Waals surface area contributed by atoms with E-state index in [4.69, 9.17) is 4.74 Å². The van der Waals surface area contributed by atoms with Crippen LogP contribution in [0, 0.1) is 20.2 Å². The zero-order valence-electron chi connectivity index (χ0n) is 9.19. The molecule has 0 unspecified atom stereocenters. The average molecular weight is 256 g/mol. The van der Waals surface area contributed by atoms with E-state index < -0.39 is 33.8 Å². The second-order valence-electron chi connectivity index (χ2n) is 3.03. The molecule has 1 rings (SSSR count). The van der Waals surface area contributed by atoms with Crippen molar-refractivity contribution in [1.29, 1.82) is 0 Å². The maximum atomic E-state index is 10.8. The fourth-order valence-corrected chi connectivity index (χ4v) is 1.09. The van der Waals surface area contributed by atoms with Gasteiger partial charge >= 0.3 is 17.3 Å². The number of esters is 1. The second kappa shape index (κ2) is 5.57. The third-order valence-corrected chi connectivity index (χ3v) is 1.92. The molecule has 0 N–H and O–H groups in total. The molecule has 9 heteroatoms. The highest BCUT2D eigenvalue weighted by molar-refractivity contribution is 5.71. The molecule has 0 saturated carbocycles. The van der Waals surface area contributed by atoms with Crippen LogP contribution in [0.4, 0.5) is 11.4 Å². The number of carbonyl (C=O) groups excluding carboxylic acids is 1. The average Bonchev–Trinajstić information content (AvgIpc) is 2.35. The van der Waals surface area contributed by atoms with Crippen molar-refractivity contribution in [3.63, 3.8) is 0 Å². The van der Waals surface area contributed by atoms with Crippen molar-refractivity contribution in [2.75, 3.05) is 13.7 Å². The molecule has 9 nitrogen and oxygen atoms in total. The van der Waals surface area contributed by atoms with Crippen LogP contribution in [0.3, 0.4) is 0 Å². The van der Waals surface area contributed by atoms with Crippen molar-refractivity contribution in [2.24, 2.45) is 0 Å². The number of nitro benzene ring substituents is 2. The second-order valence-corrected chi connectivity index (χ2v) is 3.03. The van der Waals surface area contributed by atoms with Gasteiger partial charge in [-0.1, -0.05) is 0 Å². The van der Waals surface area contributed by atoms with E-state index in [1.54, 1.807) is 0 Å². The zero-order valence-corrected chi connectivity index (χ0v) is 9.19. The minimum atomic E-state index is -0.900. The quantitative estimate of drug-likeness (QED) is 0.438. The van der Waals surface area contributed by atoms with E-state index in [1.807, 2.05) is 0 Å². The first-order valence-corrected chi connectivity index (χ1v) is 4.58. The van der Waals surface area contributed by atoms with Crippen LogP contribution in [0.1, 0.15) is 0 Å². The summed E-state index contributed by atoms with van der Waals surface area (Å²) in [6.45, 7) is -0.439. The maximum absolute atomic E-state index is 10.8. The Balaban J connectivity index is 2.97. The Morgan fingerprint density at radius 1 is 1.22 bits per heavy atom. The van der Waals surface area contributed by atoms with Crippen LogP contribution in [0.15, 0.2) is 18.2 Å². The van der Waals surface area contributed by atoms with Crippen LogP contribution in [-0.4, -0.2) is 29.5 Å². The molecule has 0 aliphatic rings. The number of methoxy groups -OCH3 is 1. The highest BCUT2D eigenvalue weighted by atomic mass is 16.6. The molecule has 0 atom stereocenters. The zero-order chi connectivity index (χ0) is 13.7. The first-order chi connectivity index (χ1) is 8.45. The molecule has 0 spiro atoms. The predicted molar refractivity (Wildman–Crippen MR) is 57.3 cm³/mol. The Kier molecular flexibility index (Phi) is 4.13. The molecular weight excluding hydrogens is 248 g/mol. The van der Waals surface area contributed by atoms with Gasteiger partial charge in [0.05, 0.1) is 23.0 Å². The largest absolute Gasteiger partial charge is 0.482 e. The monoisotopic (exact) mass is 256 g/mol. The van der Waals surface area contributed by atoms with Gasteiger partial charge in [-0.2, -0.15) is 0 Å². The normalized spacial score (nSPS) is 9.61. The number of carbonyl (C=O) groups is 1. The summed E-state index contributed by atoms with van der Waals surface area (Å²) in [5.74, 6) is -0.700. The van der Waals surface area contributed by atoms with Gasteiger partial charge in [0.25, 0.3) is 0 Å². The Labute approximate surface area is 100 Å². The highest BCUT2D eigenvalue weighted by Gasteiger charge is 2.24. The van der Waals surface area contributed by atoms with Crippen LogP contribution in [-0.2, 0) is 9.53 Å². The SMILES string of the molecule is COC(=O)COc1ccc([N+](=O)[O-])c([N+](=O)[O-])c1. The summed E-state index contributed by atoms with van der Waals surface area (Å²) in [6.07, 6.45) is 0. The lowest BCUT2D eigenvalue weighted by Gasteiger charge is -2.04. The molecule has 1 aromatic carbocycles. The molecule has 0 fully saturated rings. The lowest BCUT2D eigenvalue weighted by atomic mass is 10.2. The summed E-state index contributed by atoms with van der Waals surface area (Å²) < 4.78 is 9.19. The van der Waals surface area contributed by atoms with Gasteiger partial charge in [0.2, 0.25) is 0 Å². The van der Waals surface area contributed by atoms with E-state index in [0.717, 1.165) is 25.3 Å². The van der Waals surface area contributed by atoms with E-state index in [1.165, 1.54) is 0 Å².